The summed E-state index contributed by atoms with van der Waals surface area (Å²) in [5.74, 6) is 0.479. The molecule has 2 atom stereocenters. The van der Waals surface area contributed by atoms with Gasteiger partial charge in [0.25, 0.3) is 5.91 Å². The molecular weight excluding hydrogens is 360 g/mol. The molecule has 148 valence electrons. The molecule has 0 N–H and O–H groups in total. The number of hydrogen-bond donors (Lipinski definition) is 0. The van der Waals surface area contributed by atoms with Crippen LogP contribution in [-0.4, -0.2) is 35.5 Å². The Morgan fingerprint density at radius 1 is 1.10 bits per heavy atom. The average molecular weight is 386 g/mol. The number of carbonyl (C=O) groups is 1. The Morgan fingerprint density at radius 2 is 1.97 bits per heavy atom. The second kappa shape index (κ2) is 7.53. The Bertz CT molecular complexity index is 1070. The van der Waals surface area contributed by atoms with E-state index in [9.17, 15) is 4.79 Å². The second-order valence-corrected chi connectivity index (χ2v) is 8.22. The number of hydrogen-bond acceptors (Lipinski definition) is 3. The number of likely N-dealkylation sites (N-methyl/N-ethyl adjacent to an activating group) is 1. The van der Waals surface area contributed by atoms with Gasteiger partial charge >= 0.3 is 0 Å². The third-order valence-corrected chi connectivity index (χ3v) is 6.24. The summed E-state index contributed by atoms with van der Waals surface area (Å²) in [5, 5.41) is 1.19. The number of ether oxygens (including phenoxy) is 1. The minimum Gasteiger partial charge on any atom is -0.494 e. The lowest BCUT2D eigenvalue weighted by atomic mass is 9.95. The quantitative estimate of drug-likeness (QED) is 0.627. The van der Waals surface area contributed by atoms with E-state index in [-0.39, 0.29) is 12.0 Å². The van der Waals surface area contributed by atoms with Gasteiger partial charge in [-0.05, 0) is 80.2 Å². The largest absolute Gasteiger partial charge is 0.494 e. The minimum absolute atomic E-state index is 0.0257. The van der Waals surface area contributed by atoms with Crippen molar-refractivity contribution in [2.45, 2.75) is 31.3 Å². The molecule has 5 rings (SSSR count). The summed E-state index contributed by atoms with van der Waals surface area (Å²) in [6.45, 7) is 2.13. The molecule has 0 spiro atoms. The first-order chi connectivity index (χ1) is 14.2. The Labute approximate surface area is 171 Å². The van der Waals surface area contributed by atoms with Crippen LogP contribution in [0.1, 0.15) is 52.8 Å². The highest BCUT2D eigenvalue weighted by molar-refractivity contribution is 6.03. The van der Waals surface area contributed by atoms with Crippen molar-refractivity contribution in [2.24, 2.45) is 0 Å². The topological polar surface area (TPSA) is 34.5 Å². The predicted octanol–water partition coefficient (Wildman–Crippen LogP) is 5.11. The smallest absolute Gasteiger partial charge is 0.262 e. The average Bonchev–Trinajstić information content (AvgIpc) is 3.37. The van der Waals surface area contributed by atoms with Gasteiger partial charge in [0, 0.05) is 23.7 Å². The zero-order valence-corrected chi connectivity index (χ0v) is 16.8. The summed E-state index contributed by atoms with van der Waals surface area (Å²) in [6, 6.07) is 16.0. The molecule has 4 heteroatoms. The molecule has 4 nitrogen and oxygen atoms in total. The second-order valence-electron chi connectivity index (χ2n) is 8.22. The van der Waals surface area contributed by atoms with E-state index >= 15 is 0 Å². The van der Waals surface area contributed by atoms with Gasteiger partial charge in [-0.15, -0.1) is 0 Å². The highest BCUT2D eigenvalue weighted by atomic mass is 16.5. The molecule has 1 fully saturated rings. The number of fused-ring (bicyclic) bond motifs is 1. The van der Waals surface area contributed by atoms with Crippen molar-refractivity contribution in [3.63, 3.8) is 0 Å². The van der Waals surface area contributed by atoms with Crippen LogP contribution in [0.2, 0.25) is 0 Å². The van der Waals surface area contributed by atoms with Gasteiger partial charge in [-0.1, -0.05) is 24.3 Å². The van der Waals surface area contributed by atoms with Gasteiger partial charge in [0.15, 0.2) is 0 Å². The van der Waals surface area contributed by atoms with Crippen LogP contribution in [0.4, 0.5) is 0 Å². The summed E-state index contributed by atoms with van der Waals surface area (Å²) in [6.07, 6.45) is 9.22. The van der Waals surface area contributed by atoms with E-state index in [1.807, 2.05) is 41.2 Å². The lowest BCUT2D eigenvalue weighted by molar-refractivity contribution is 0.0965. The van der Waals surface area contributed by atoms with Crippen LogP contribution in [0.5, 0.6) is 0 Å². The van der Waals surface area contributed by atoms with Crippen LogP contribution >= 0.6 is 0 Å². The van der Waals surface area contributed by atoms with Crippen LogP contribution in [0.3, 0.4) is 0 Å². The summed E-state index contributed by atoms with van der Waals surface area (Å²) in [7, 11) is 2.17. The molecule has 29 heavy (non-hydrogen) atoms. The molecule has 2 unspecified atom stereocenters. The van der Waals surface area contributed by atoms with E-state index in [1.165, 1.54) is 16.5 Å². The van der Waals surface area contributed by atoms with Crippen LogP contribution in [-0.2, 0) is 4.74 Å². The zero-order valence-electron chi connectivity index (χ0n) is 16.8. The van der Waals surface area contributed by atoms with Gasteiger partial charge in [0.05, 0.1) is 11.8 Å². The molecule has 3 heterocycles. The highest BCUT2D eigenvalue weighted by Crippen LogP contribution is 2.36. The van der Waals surface area contributed by atoms with Gasteiger partial charge in [-0.2, -0.15) is 0 Å². The Hall–Kier alpha value is -2.85. The normalized spacial score (nSPS) is 22.1. The molecule has 0 amide bonds. The molecule has 0 saturated carbocycles. The van der Waals surface area contributed by atoms with Gasteiger partial charge in [-0.25, -0.2) is 0 Å². The third-order valence-electron chi connectivity index (χ3n) is 6.24. The maximum absolute atomic E-state index is 13.3. The first-order valence-electron chi connectivity index (χ1n) is 10.4. The van der Waals surface area contributed by atoms with Crippen molar-refractivity contribution in [2.75, 3.05) is 20.1 Å². The summed E-state index contributed by atoms with van der Waals surface area (Å²) in [4.78, 5) is 15.6. The minimum atomic E-state index is 0.0257. The molecule has 2 aliphatic rings. The maximum Gasteiger partial charge on any atom is 0.262 e. The first kappa shape index (κ1) is 18.2. The lowest BCUT2D eigenvalue weighted by Crippen LogP contribution is -2.13. The standard InChI is InChI=1S/C25H26N2O2/c1-26-13-12-20(16-26)22-17-27(25(28)18-7-3-2-4-8-18)23-11-10-19(15-21(22)23)24-9-5-6-14-29-24/h2-4,6-8,10-11,14-15,17,20,24H,5,9,12-13,16H2,1H3. The van der Waals surface area contributed by atoms with E-state index in [1.54, 1.807) is 0 Å². The number of nitrogens with zero attached hydrogens (tertiary/aromatic N) is 2. The molecule has 1 saturated heterocycles. The zero-order chi connectivity index (χ0) is 19.8. The summed E-state index contributed by atoms with van der Waals surface area (Å²) in [5.41, 5.74) is 4.17. The van der Waals surface area contributed by atoms with Gasteiger partial charge in [0.1, 0.15) is 6.10 Å². The number of aromatic nitrogens is 1. The van der Waals surface area contributed by atoms with Crippen molar-refractivity contribution in [3.05, 3.63) is 83.8 Å². The summed E-state index contributed by atoms with van der Waals surface area (Å²) >= 11 is 0. The van der Waals surface area contributed by atoms with Crippen molar-refractivity contribution in [3.8, 4) is 0 Å². The molecule has 2 aromatic carbocycles. The number of benzene rings is 2. The van der Waals surface area contributed by atoms with Gasteiger partial charge < -0.3 is 9.64 Å². The van der Waals surface area contributed by atoms with E-state index in [0.29, 0.717) is 11.5 Å². The number of likely N-dealkylation sites (tertiary alicyclic amines) is 1. The highest BCUT2D eigenvalue weighted by Gasteiger charge is 2.27. The van der Waals surface area contributed by atoms with Crippen LogP contribution in [0, 0.1) is 0 Å². The number of allylic oxidation sites excluding steroid dienone is 1. The van der Waals surface area contributed by atoms with E-state index < -0.39 is 0 Å². The van der Waals surface area contributed by atoms with Crippen LogP contribution in [0.15, 0.2) is 67.1 Å². The predicted molar refractivity (Wildman–Crippen MR) is 115 cm³/mol. The molecule has 0 bridgehead atoms. The van der Waals surface area contributed by atoms with E-state index in [4.69, 9.17) is 4.74 Å². The fourth-order valence-electron chi connectivity index (χ4n) is 4.65. The Morgan fingerprint density at radius 3 is 2.69 bits per heavy atom. The lowest BCUT2D eigenvalue weighted by Gasteiger charge is -2.20. The summed E-state index contributed by atoms with van der Waals surface area (Å²) < 4.78 is 7.69. The number of rotatable bonds is 3. The van der Waals surface area contributed by atoms with Crippen molar-refractivity contribution >= 4 is 16.8 Å². The van der Waals surface area contributed by atoms with Gasteiger partial charge in [-0.3, -0.25) is 9.36 Å². The molecule has 0 radical (unpaired) electrons. The van der Waals surface area contributed by atoms with Crippen molar-refractivity contribution in [1.29, 1.82) is 0 Å². The maximum atomic E-state index is 13.3. The number of carbonyl (C=O) groups excluding carboxylic acids is 1. The molecule has 0 aliphatic carbocycles. The van der Waals surface area contributed by atoms with Crippen LogP contribution in [0.25, 0.3) is 10.9 Å². The first-order valence-corrected chi connectivity index (χ1v) is 10.4. The van der Waals surface area contributed by atoms with E-state index in [2.05, 4.69) is 42.4 Å². The fourth-order valence-corrected chi connectivity index (χ4v) is 4.65. The Balaban J connectivity index is 1.62. The van der Waals surface area contributed by atoms with E-state index in [0.717, 1.165) is 37.9 Å². The molecular formula is C25H26N2O2. The third kappa shape index (κ3) is 3.38. The fraction of sp³-hybridized carbons (Fsp3) is 0.320. The molecule has 3 aromatic rings. The van der Waals surface area contributed by atoms with Crippen LogP contribution < -0.4 is 0 Å². The van der Waals surface area contributed by atoms with Gasteiger partial charge in [0.2, 0.25) is 0 Å². The SMILES string of the molecule is CN1CCC(c2cn(C(=O)c3ccccc3)c3ccc(C4CCC=CO4)cc23)C1. The van der Waals surface area contributed by atoms with Crippen molar-refractivity contribution in [1.82, 2.24) is 9.47 Å². The monoisotopic (exact) mass is 386 g/mol. The Kier molecular flexibility index (Phi) is 4.72. The molecule has 1 aromatic heterocycles. The molecule has 2 aliphatic heterocycles. The van der Waals surface area contributed by atoms with Crippen molar-refractivity contribution < 1.29 is 9.53 Å².